The lowest BCUT2D eigenvalue weighted by molar-refractivity contribution is 0.150. The minimum Gasteiger partial charge on any atom is -0.394 e. The van der Waals surface area contributed by atoms with E-state index in [1.54, 1.807) is 0 Å². The first-order chi connectivity index (χ1) is 8.58. The molecule has 116 valence electrons. The average Bonchev–Trinajstić information content (AvgIpc) is 2.24. The van der Waals surface area contributed by atoms with Crippen LogP contribution in [0.25, 0.3) is 0 Å². The van der Waals surface area contributed by atoms with Gasteiger partial charge in [-0.3, -0.25) is 0 Å². The zero-order valence-electron chi connectivity index (χ0n) is 12.9. The Balaban J connectivity index is 3.99. The molecule has 0 aliphatic heterocycles. The van der Waals surface area contributed by atoms with Gasteiger partial charge < -0.3 is 15.3 Å². The second-order valence-electron chi connectivity index (χ2n) is 6.05. The summed E-state index contributed by atoms with van der Waals surface area (Å²) < 4.78 is 22.1. The largest absolute Gasteiger partial charge is 0.394 e. The van der Waals surface area contributed by atoms with E-state index in [1.807, 2.05) is 18.9 Å². The van der Waals surface area contributed by atoms with Gasteiger partial charge in [-0.2, -0.15) is 0 Å². The molecule has 0 aromatic carbocycles. The minimum atomic E-state index is -2.89. The fourth-order valence-corrected chi connectivity index (χ4v) is 2.71. The Morgan fingerprint density at radius 1 is 1.32 bits per heavy atom. The lowest BCUT2D eigenvalue weighted by Gasteiger charge is -2.31. The molecule has 0 aromatic heterocycles. The molecule has 0 spiro atoms. The number of sulfone groups is 1. The molecule has 5 nitrogen and oxygen atoms in total. The summed E-state index contributed by atoms with van der Waals surface area (Å²) in [7, 11) is -0.959. The molecule has 0 amide bonds. The summed E-state index contributed by atoms with van der Waals surface area (Å²) >= 11 is 0. The van der Waals surface area contributed by atoms with Crippen molar-refractivity contribution in [1.82, 2.24) is 10.2 Å². The second kappa shape index (κ2) is 8.19. The van der Waals surface area contributed by atoms with Crippen LogP contribution in [0.1, 0.15) is 33.6 Å². The maximum atomic E-state index is 11.1. The zero-order valence-corrected chi connectivity index (χ0v) is 13.8. The monoisotopic (exact) mass is 294 g/mol. The Kier molecular flexibility index (Phi) is 8.12. The average molecular weight is 294 g/mol. The molecule has 0 heterocycles. The predicted octanol–water partition coefficient (Wildman–Crippen LogP) is 0.492. The van der Waals surface area contributed by atoms with E-state index in [4.69, 9.17) is 0 Å². The molecule has 1 unspecified atom stereocenters. The van der Waals surface area contributed by atoms with Crippen LogP contribution in [-0.2, 0) is 9.84 Å². The van der Waals surface area contributed by atoms with Gasteiger partial charge in [0.15, 0.2) is 0 Å². The number of aliphatic hydroxyl groups is 1. The van der Waals surface area contributed by atoms with Crippen LogP contribution in [0.4, 0.5) is 0 Å². The third kappa shape index (κ3) is 10.3. The van der Waals surface area contributed by atoms with Gasteiger partial charge in [0, 0.05) is 24.4 Å². The highest BCUT2D eigenvalue weighted by molar-refractivity contribution is 7.90. The first-order valence-corrected chi connectivity index (χ1v) is 8.89. The van der Waals surface area contributed by atoms with E-state index in [1.165, 1.54) is 6.26 Å². The number of rotatable bonds is 10. The summed E-state index contributed by atoms with van der Waals surface area (Å²) in [4.78, 5) is 2.02. The molecule has 0 saturated heterocycles. The highest BCUT2D eigenvalue weighted by atomic mass is 32.2. The van der Waals surface area contributed by atoms with E-state index < -0.39 is 9.84 Å². The molecular weight excluding hydrogens is 264 g/mol. The first kappa shape index (κ1) is 18.8. The van der Waals surface area contributed by atoms with E-state index in [-0.39, 0.29) is 17.9 Å². The van der Waals surface area contributed by atoms with Gasteiger partial charge in [0.05, 0.1) is 12.4 Å². The van der Waals surface area contributed by atoms with Crippen molar-refractivity contribution in [3.8, 4) is 0 Å². The van der Waals surface area contributed by atoms with E-state index in [0.29, 0.717) is 12.6 Å². The van der Waals surface area contributed by atoms with Crippen LogP contribution in [0.3, 0.4) is 0 Å². The van der Waals surface area contributed by atoms with Crippen LogP contribution in [0.2, 0.25) is 0 Å². The molecule has 0 aromatic rings. The van der Waals surface area contributed by atoms with Crippen molar-refractivity contribution in [2.45, 2.75) is 45.2 Å². The van der Waals surface area contributed by atoms with Crippen LogP contribution in [0.15, 0.2) is 0 Å². The van der Waals surface area contributed by atoms with Crippen molar-refractivity contribution in [2.75, 3.05) is 38.8 Å². The van der Waals surface area contributed by atoms with Gasteiger partial charge in [0.25, 0.3) is 0 Å². The Morgan fingerprint density at radius 3 is 2.32 bits per heavy atom. The van der Waals surface area contributed by atoms with E-state index in [2.05, 4.69) is 19.2 Å². The molecule has 0 fully saturated rings. The normalized spacial score (nSPS) is 16.0. The number of nitrogens with one attached hydrogen (secondary N) is 1. The lowest BCUT2D eigenvalue weighted by Crippen LogP contribution is -2.49. The predicted molar refractivity (Wildman–Crippen MR) is 80.2 cm³/mol. The van der Waals surface area contributed by atoms with E-state index in [9.17, 15) is 13.5 Å². The molecule has 0 bridgehead atoms. The molecule has 6 heteroatoms. The van der Waals surface area contributed by atoms with Gasteiger partial charge in [-0.15, -0.1) is 0 Å². The topological polar surface area (TPSA) is 69.6 Å². The molecular formula is C13H30N2O3S. The number of nitrogens with zero attached hydrogens (tertiary/aromatic N) is 1. The Labute approximate surface area is 118 Å². The van der Waals surface area contributed by atoms with Crippen molar-refractivity contribution in [1.29, 1.82) is 0 Å². The Hall–Kier alpha value is -0.170. The maximum Gasteiger partial charge on any atom is 0.148 e. The van der Waals surface area contributed by atoms with Gasteiger partial charge in [-0.1, -0.05) is 13.8 Å². The maximum absolute atomic E-state index is 11.1. The standard InChI is InChI=1S/C13H30N2O3S/c1-12(2)14-13(3,11-16)7-6-8-15(4)9-10-19(5,17)18/h12,14,16H,6-11H2,1-5H3. The first-order valence-electron chi connectivity index (χ1n) is 6.83. The zero-order chi connectivity index (χ0) is 15.1. The summed E-state index contributed by atoms with van der Waals surface area (Å²) in [6.07, 6.45) is 3.05. The third-order valence-corrected chi connectivity index (χ3v) is 4.02. The van der Waals surface area contributed by atoms with Crippen LogP contribution in [-0.4, -0.2) is 68.8 Å². The third-order valence-electron chi connectivity index (χ3n) is 3.10. The molecule has 19 heavy (non-hydrogen) atoms. The quantitative estimate of drug-likeness (QED) is 0.614. The van der Waals surface area contributed by atoms with Gasteiger partial charge >= 0.3 is 0 Å². The second-order valence-corrected chi connectivity index (χ2v) is 8.31. The Morgan fingerprint density at radius 2 is 1.89 bits per heavy atom. The summed E-state index contributed by atoms with van der Waals surface area (Å²) in [6.45, 7) is 7.65. The van der Waals surface area contributed by atoms with Crippen molar-refractivity contribution in [3.63, 3.8) is 0 Å². The minimum absolute atomic E-state index is 0.109. The summed E-state index contributed by atoms with van der Waals surface area (Å²) in [5.41, 5.74) is -0.258. The number of hydrogen-bond acceptors (Lipinski definition) is 5. The van der Waals surface area contributed by atoms with E-state index in [0.717, 1.165) is 19.4 Å². The highest BCUT2D eigenvalue weighted by Crippen LogP contribution is 2.13. The number of aliphatic hydroxyl groups excluding tert-OH is 1. The molecule has 0 rings (SSSR count). The number of hydrogen-bond donors (Lipinski definition) is 2. The summed E-state index contributed by atoms with van der Waals surface area (Å²) in [5, 5.41) is 12.8. The fraction of sp³-hybridized carbons (Fsp3) is 1.00. The Bertz CT molecular complexity index is 344. The molecule has 0 radical (unpaired) electrons. The smallest absolute Gasteiger partial charge is 0.148 e. The van der Waals surface area contributed by atoms with Crippen LogP contribution < -0.4 is 5.32 Å². The van der Waals surface area contributed by atoms with Crippen LogP contribution >= 0.6 is 0 Å². The summed E-state index contributed by atoms with van der Waals surface area (Å²) in [6, 6.07) is 0.333. The van der Waals surface area contributed by atoms with Gasteiger partial charge in [0.2, 0.25) is 0 Å². The van der Waals surface area contributed by atoms with Crippen LogP contribution in [0, 0.1) is 0 Å². The van der Waals surface area contributed by atoms with Gasteiger partial charge in [-0.05, 0) is 33.4 Å². The molecule has 2 N–H and O–H groups in total. The lowest BCUT2D eigenvalue weighted by atomic mass is 9.95. The SMILES string of the molecule is CC(C)NC(C)(CO)CCCN(C)CCS(C)(=O)=O. The molecule has 0 aliphatic carbocycles. The van der Waals surface area contributed by atoms with Crippen molar-refractivity contribution < 1.29 is 13.5 Å². The van der Waals surface area contributed by atoms with Gasteiger partial charge in [-0.25, -0.2) is 8.42 Å². The van der Waals surface area contributed by atoms with E-state index >= 15 is 0 Å². The van der Waals surface area contributed by atoms with Crippen molar-refractivity contribution in [2.24, 2.45) is 0 Å². The molecule has 1 atom stereocenters. The van der Waals surface area contributed by atoms with Crippen LogP contribution in [0.5, 0.6) is 0 Å². The molecule has 0 saturated carbocycles. The van der Waals surface area contributed by atoms with Crippen molar-refractivity contribution in [3.05, 3.63) is 0 Å². The highest BCUT2D eigenvalue weighted by Gasteiger charge is 2.23. The molecule has 0 aliphatic rings. The fourth-order valence-electron chi connectivity index (χ4n) is 2.07. The summed E-state index contributed by atoms with van der Waals surface area (Å²) in [5.74, 6) is 0.199. The van der Waals surface area contributed by atoms with Gasteiger partial charge in [0.1, 0.15) is 9.84 Å². The van der Waals surface area contributed by atoms with Crippen molar-refractivity contribution >= 4 is 9.84 Å².